The van der Waals surface area contributed by atoms with Crippen LogP contribution in [-0.4, -0.2) is 21.4 Å². The van der Waals surface area contributed by atoms with Gasteiger partial charge in [-0.15, -0.1) is 11.3 Å². The lowest BCUT2D eigenvalue weighted by Gasteiger charge is -2.38. The van der Waals surface area contributed by atoms with Gasteiger partial charge in [0.25, 0.3) is 0 Å². The van der Waals surface area contributed by atoms with Crippen molar-refractivity contribution in [3.05, 3.63) is 93.9 Å². The highest BCUT2D eigenvalue weighted by Crippen LogP contribution is 2.51. The zero-order valence-corrected chi connectivity index (χ0v) is 17.7. The van der Waals surface area contributed by atoms with Crippen molar-refractivity contribution in [2.75, 3.05) is 11.9 Å². The molecule has 2 aliphatic heterocycles. The minimum absolute atomic E-state index is 0.0984. The van der Waals surface area contributed by atoms with Crippen LogP contribution in [-0.2, 0) is 0 Å². The van der Waals surface area contributed by atoms with Crippen LogP contribution in [0, 0.1) is 0 Å². The predicted molar refractivity (Wildman–Crippen MR) is 120 cm³/mol. The molecule has 0 fully saturated rings. The molecular formula is C24H20N4O2S. The summed E-state index contributed by atoms with van der Waals surface area (Å²) in [6.45, 7) is 2.63. The van der Waals surface area contributed by atoms with Gasteiger partial charge in [0.15, 0.2) is 0 Å². The Labute approximate surface area is 183 Å². The third-order valence-electron chi connectivity index (χ3n) is 5.63. The fourth-order valence-corrected chi connectivity index (χ4v) is 5.15. The smallest absolute Gasteiger partial charge is 0.226 e. The molecule has 4 aromatic rings. The molecule has 2 atom stereocenters. The number of hydrogen-bond acceptors (Lipinski definition) is 6. The van der Waals surface area contributed by atoms with E-state index in [0.717, 1.165) is 39.8 Å². The molecule has 2 aromatic heterocycles. The highest BCUT2D eigenvalue weighted by Gasteiger charge is 2.41. The molecule has 6 nitrogen and oxygen atoms in total. The molecule has 6 rings (SSSR count). The molecule has 0 spiro atoms. The molecule has 31 heavy (non-hydrogen) atoms. The number of nitrogens with zero attached hydrogens (tertiary/aromatic N) is 3. The number of benzene rings is 2. The number of hydrogen-bond donors (Lipinski definition) is 1. The summed E-state index contributed by atoms with van der Waals surface area (Å²) in [6.07, 6.45) is 1.33. The van der Waals surface area contributed by atoms with Crippen LogP contribution >= 0.6 is 11.3 Å². The average Bonchev–Trinajstić information content (AvgIpc) is 3.50. The molecule has 0 saturated heterocycles. The highest BCUT2D eigenvalue weighted by molar-refractivity contribution is 7.10. The maximum Gasteiger partial charge on any atom is 0.226 e. The van der Waals surface area contributed by atoms with Gasteiger partial charge in [-0.25, -0.2) is 4.68 Å². The number of rotatable bonds is 4. The first-order valence-electron chi connectivity index (χ1n) is 10.3. The van der Waals surface area contributed by atoms with Crippen molar-refractivity contribution in [2.24, 2.45) is 0 Å². The third kappa shape index (κ3) is 2.92. The largest absolute Gasteiger partial charge is 0.494 e. The average molecular weight is 429 g/mol. The van der Waals surface area contributed by atoms with E-state index in [1.54, 1.807) is 17.7 Å². The molecule has 154 valence electrons. The van der Waals surface area contributed by atoms with Crippen LogP contribution in [0.5, 0.6) is 11.5 Å². The number of nitrogens with one attached hydrogen (secondary N) is 1. The van der Waals surface area contributed by atoms with Crippen LogP contribution in [0.3, 0.4) is 0 Å². The molecule has 0 saturated carbocycles. The van der Waals surface area contributed by atoms with Crippen molar-refractivity contribution in [1.29, 1.82) is 0 Å². The number of aromatic nitrogens is 3. The van der Waals surface area contributed by atoms with Crippen molar-refractivity contribution in [1.82, 2.24) is 14.8 Å². The summed E-state index contributed by atoms with van der Waals surface area (Å²) >= 11 is 1.71. The second kappa shape index (κ2) is 7.28. The fraction of sp³-hybridized carbons (Fsp3) is 0.167. The first-order valence-corrected chi connectivity index (χ1v) is 11.1. The lowest BCUT2D eigenvalue weighted by atomic mass is 9.87. The van der Waals surface area contributed by atoms with E-state index >= 15 is 0 Å². The summed E-state index contributed by atoms with van der Waals surface area (Å²) in [7, 11) is 0. The van der Waals surface area contributed by atoms with Crippen LogP contribution in [0.25, 0.3) is 5.70 Å². The number of thiophene rings is 1. The zero-order chi connectivity index (χ0) is 20.8. The Bertz CT molecular complexity index is 1260. The van der Waals surface area contributed by atoms with Gasteiger partial charge in [0, 0.05) is 16.0 Å². The van der Waals surface area contributed by atoms with Crippen molar-refractivity contribution < 1.29 is 9.47 Å². The summed E-state index contributed by atoms with van der Waals surface area (Å²) in [4.78, 5) is 5.66. The van der Waals surface area contributed by atoms with Crippen molar-refractivity contribution in [3.8, 4) is 11.5 Å². The Morgan fingerprint density at radius 2 is 1.97 bits per heavy atom. The lowest BCUT2D eigenvalue weighted by Crippen LogP contribution is -2.32. The van der Waals surface area contributed by atoms with E-state index in [0.29, 0.717) is 6.61 Å². The Kier molecular flexibility index (Phi) is 4.28. The van der Waals surface area contributed by atoms with Crippen LogP contribution in [0.4, 0.5) is 5.95 Å². The monoisotopic (exact) mass is 428 g/mol. The van der Waals surface area contributed by atoms with Crippen molar-refractivity contribution in [2.45, 2.75) is 19.1 Å². The minimum Gasteiger partial charge on any atom is -0.494 e. The molecule has 2 aliphatic rings. The van der Waals surface area contributed by atoms with Gasteiger partial charge in [-0.05, 0) is 48.2 Å². The first kappa shape index (κ1) is 18.2. The van der Waals surface area contributed by atoms with Crippen LogP contribution in [0.15, 0.2) is 77.9 Å². The van der Waals surface area contributed by atoms with Gasteiger partial charge in [-0.3, -0.25) is 0 Å². The summed E-state index contributed by atoms with van der Waals surface area (Å²) in [5.74, 6) is 2.44. The van der Waals surface area contributed by atoms with Gasteiger partial charge in [0.1, 0.15) is 30.0 Å². The summed E-state index contributed by atoms with van der Waals surface area (Å²) in [5, 5.41) is 10.2. The molecule has 0 amide bonds. The van der Waals surface area contributed by atoms with Gasteiger partial charge in [0.2, 0.25) is 5.95 Å². The Morgan fingerprint density at radius 3 is 2.77 bits per heavy atom. The van der Waals surface area contributed by atoms with E-state index in [9.17, 15) is 0 Å². The molecule has 0 radical (unpaired) electrons. The maximum atomic E-state index is 6.61. The molecule has 4 heterocycles. The van der Waals surface area contributed by atoms with E-state index in [1.807, 2.05) is 41.9 Å². The maximum absolute atomic E-state index is 6.61. The topological polar surface area (TPSA) is 61.2 Å². The van der Waals surface area contributed by atoms with Gasteiger partial charge in [-0.1, -0.05) is 30.3 Å². The molecule has 0 bridgehead atoms. The molecule has 2 aromatic carbocycles. The van der Waals surface area contributed by atoms with Gasteiger partial charge >= 0.3 is 0 Å². The Balaban J connectivity index is 1.56. The second-order valence-corrected chi connectivity index (χ2v) is 8.38. The quantitative estimate of drug-likeness (QED) is 0.478. The number of anilines is 1. The van der Waals surface area contributed by atoms with Gasteiger partial charge in [-0.2, -0.15) is 10.1 Å². The summed E-state index contributed by atoms with van der Waals surface area (Å²) in [5.41, 5.74) is 4.27. The summed E-state index contributed by atoms with van der Waals surface area (Å²) in [6, 6.07) is 20.4. The molecule has 0 aliphatic carbocycles. The standard InChI is InChI=1S/C24H20N4O2S/c1-2-29-16-11-9-15(10-12-16)23-20-21(17-6-3-4-7-18(17)30-23)27-24-25-14-26-28(24)22(20)19-8-5-13-31-19/h3-14,22-23H,2H2,1H3,(H,25,26,27)/t22-,23+/m0/s1. The van der Waals surface area contributed by atoms with E-state index in [-0.39, 0.29) is 12.1 Å². The van der Waals surface area contributed by atoms with E-state index in [4.69, 9.17) is 9.47 Å². The minimum atomic E-state index is -0.266. The third-order valence-corrected chi connectivity index (χ3v) is 6.55. The normalized spacial score (nSPS) is 19.0. The number of fused-ring (bicyclic) bond motifs is 3. The Hall–Kier alpha value is -3.58. The van der Waals surface area contributed by atoms with E-state index in [1.165, 1.54) is 4.88 Å². The van der Waals surface area contributed by atoms with Crippen molar-refractivity contribution in [3.63, 3.8) is 0 Å². The molecule has 7 heteroatoms. The first-order chi connectivity index (χ1) is 15.3. The van der Waals surface area contributed by atoms with Crippen molar-refractivity contribution >= 4 is 23.0 Å². The van der Waals surface area contributed by atoms with E-state index in [2.05, 4.69) is 51.1 Å². The van der Waals surface area contributed by atoms with Gasteiger partial charge in [0.05, 0.1) is 12.3 Å². The van der Waals surface area contributed by atoms with E-state index < -0.39 is 0 Å². The number of ether oxygens (including phenoxy) is 2. The molecular weight excluding hydrogens is 408 g/mol. The second-order valence-electron chi connectivity index (χ2n) is 7.40. The predicted octanol–water partition coefficient (Wildman–Crippen LogP) is 5.30. The van der Waals surface area contributed by atoms with Gasteiger partial charge < -0.3 is 14.8 Å². The highest BCUT2D eigenvalue weighted by atomic mass is 32.1. The number of para-hydroxylation sites is 1. The SMILES string of the molecule is CCOc1ccc([C@H]2Oc3ccccc3C3=C2[C@H](c2cccs2)n2ncnc2N3)cc1. The van der Waals surface area contributed by atoms with Crippen LogP contribution < -0.4 is 14.8 Å². The lowest BCUT2D eigenvalue weighted by molar-refractivity contribution is 0.223. The summed E-state index contributed by atoms with van der Waals surface area (Å²) < 4.78 is 14.2. The van der Waals surface area contributed by atoms with Crippen LogP contribution in [0.1, 0.15) is 35.1 Å². The Morgan fingerprint density at radius 1 is 1.10 bits per heavy atom. The molecule has 1 N–H and O–H groups in total. The zero-order valence-electron chi connectivity index (χ0n) is 16.9. The fourth-order valence-electron chi connectivity index (χ4n) is 4.32. The van der Waals surface area contributed by atoms with Crippen LogP contribution in [0.2, 0.25) is 0 Å². The molecule has 0 unspecified atom stereocenters.